The van der Waals surface area contributed by atoms with Gasteiger partial charge < -0.3 is 19.5 Å². The van der Waals surface area contributed by atoms with Crippen LogP contribution in [0, 0.1) is 6.92 Å². The predicted molar refractivity (Wildman–Crippen MR) is 102 cm³/mol. The molecule has 1 fully saturated rings. The molecule has 6 heteroatoms. The summed E-state index contributed by atoms with van der Waals surface area (Å²) >= 11 is 0. The second-order valence-electron chi connectivity index (χ2n) is 7.12. The molecule has 1 saturated heterocycles. The number of rotatable bonds is 7. The third-order valence-electron chi connectivity index (χ3n) is 4.67. The standard InChI is InChI=1S/C20H32N2O4/c1-5-25-20(24)22-10-8-21(9-11-22)13-17(23)14-26-18-6-7-19(15(2)3)16(4)12-18/h6-7,12,15,17,23H,5,8-11,13-14H2,1-4H3/t17-/m0/s1. The summed E-state index contributed by atoms with van der Waals surface area (Å²) in [6, 6.07) is 6.09. The molecule has 2 rings (SSSR count). The number of carbonyl (C=O) groups is 1. The highest BCUT2D eigenvalue weighted by Gasteiger charge is 2.23. The van der Waals surface area contributed by atoms with Gasteiger partial charge in [0.25, 0.3) is 0 Å². The lowest BCUT2D eigenvalue weighted by atomic mass is 9.98. The predicted octanol–water partition coefficient (Wildman–Crippen LogP) is 2.63. The van der Waals surface area contributed by atoms with Gasteiger partial charge in [0.2, 0.25) is 0 Å². The molecule has 0 saturated carbocycles. The lowest BCUT2D eigenvalue weighted by Gasteiger charge is -2.34. The number of piperazine rings is 1. The maximum Gasteiger partial charge on any atom is 0.409 e. The van der Waals surface area contributed by atoms with Crippen LogP contribution >= 0.6 is 0 Å². The van der Waals surface area contributed by atoms with Crippen molar-refractivity contribution in [3.63, 3.8) is 0 Å². The average molecular weight is 364 g/mol. The first-order valence-electron chi connectivity index (χ1n) is 9.46. The molecule has 1 aliphatic rings. The summed E-state index contributed by atoms with van der Waals surface area (Å²) in [5, 5.41) is 10.3. The first-order chi connectivity index (χ1) is 12.4. The van der Waals surface area contributed by atoms with E-state index in [9.17, 15) is 9.90 Å². The van der Waals surface area contributed by atoms with Crippen LogP contribution in [0.2, 0.25) is 0 Å². The van der Waals surface area contributed by atoms with E-state index in [1.54, 1.807) is 4.90 Å². The van der Waals surface area contributed by atoms with Crippen molar-refractivity contribution in [3.8, 4) is 5.75 Å². The minimum atomic E-state index is -0.561. The van der Waals surface area contributed by atoms with E-state index in [-0.39, 0.29) is 12.7 Å². The number of amides is 1. The van der Waals surface area contributed by atoms with E-state index in [0.29, 0.717) is 32.2 Å². The molecule has 0 aromatic heterocycles. The number of aryl methyl sites for hydroxylation is 1. The topological polar surface area (TPSA) is 62.2 Å². The second-order valence-corrected chi connectivity index (χ2v) is 7.12. The molecular weight excluding hydrogens is 332 g/mol. The average Bonchev–Trinajstić information content (AvgIpc) is 2.60. The molecule has 1 atom stereocenters. The second kappa shape index (κ2) is 9.78. The summed E-state index contributed by atoms with van der Waals surface area (Å²) in [5.74, 6) is 1.28. The molecule has 0 bridgehead atoms. The van der Waals surface area contributed by atoms with Crippen molar-refractivity contribution < 1.29 is 19.4 Å². The van der Waals surface area contributed by atoms with Crippen LogP contribution in [0.4, 0.5) is 4.79 Å². The largest absolute Gasteiger partial charge is 0.491 e. The first kappa shape index (κ1) is 20.5. The van der Waals surface area contributed by atoms with Crippen LogP contribution in [0.25, 0.3) is 0 Å². The van der Waals surface area contributed by atoms with Gasteiger partial charge in [0.1, 0.15) is 18.5 Å². The van der Waals surface area contributed by atoms with Gasteiger partial charge in [0.15, 0.2) is 0 Å². The van der Waals surface area contributed by atoms with E-state index in [1.807, 2.05) is 19.1 Å². The van der Waals surface area contributed by atoms with Gasteiger partial charge >= 0.3 is 6.09 Å². The Hall–Kier alpha value is -1.79. The third kappa shape index (κ3) is 5.88. The molecule has 1 aliphatic heterocycles. The Morgan fingerprint density at radius 2 is 1.92 bits per heavy atom. The molecule has 1 heterocycles. The quantitative estimate of drug-likeness (QED) is 0.806. The van der Waals surface area contributed by atoms with E-state index in [0.717, 1.165) is 18.8 Å². The van der Waals surface area contributed by atoms with Gasteiger partial charge in [-0.15, -0.1) is 0 Å². The van der Waals surface area contributed by atoms with Crippen molar-refractivity contribution in [1.82, 2.24) is 9.80 Å². The number of aliphatic hydroxyl groups excluding tert-OH is 1. The molecule has 1 aromatic carbocycles. The van der Waals surface area contributed by atoms with Crippen LogP contribution in [0.15, 0.2) is 18.2 Å². The summed E-state index contributed by atoms with van der Waals surface area (Å²) in [4.78, 5) is 15.6. The number of benzene rings is 1. The van der Waals surface area contributed by atoms with Crippen LogP contribution in [0.5, 0.6) is 5.75 Å². The molecule has 0 radical (unpaired) electrons. The van der Waals surface area contributed by atoms with Crippen molar-refractivity contribution >= 4 is 6.09 Å². The minimum Gasteiger partial charge on any atom is -0.491 e. The Kier molecular flexibility index (Phi) is 7.72. The Morgan fingerprint density at radius 3 is 2.50 bits per heavy atom. The summed E-state index contributed by atoms with van der Waals surface area (Å²) in [6.45, 7) is 12.2. The van der Waals surface area contributed by atoms with Gasteiger partial charge in [-0.2, -0.15) is 0 Å². The zero-order chi connectivity index (χ0) is 19.1. The normalized spacial score (nSPS) is 16.6. The van der Waals surface area contributed by atoms with Crippen molar-refractivity contribution in [2.24, 2.45) is 0 Å². The van der Waals surface area contributed by atoms with E-state index < -0.39 is 6.10 Å². The Balaban J connectivity index is 1.73. The van der Waals surface area contributed by atoms with Gasteiger partial charge in [-0.3, -0.25) is 4.90 Å². The lowest BCUT2D eigenvalue weighted by molar-refractivity contribution is 0.0407. The van der Waals surface area contributed by atoms with E-state index in [4.69, 9.17) is 9.47 Å². The molecule has 0 unspecified atom stereocenters. The van der Waals surface area contributed by atoms with Gasteiger partial charge in [0.05, 0.1) is 6.61 Å². The molecule has 0 aliphatic carbocycles. The fraction of sp³-hybridized carbons (Fsp3) is 0.650. The molecule has 1 aromatic rings. The Morgan fingerprint density at radius 1 is 1.23 bits per heavy atom. The number of carbonyl (C=O) groups excluding carboxylic acids is 1. The number of hydrogen-bond donors (Lipinski definition) is 1. The maximum absolute atomic E-state index is 11.7. The summed E-state index contributed by atoms with van der Waals surface area (Å²) in [7, 11) is 0. The first-order valence-corrected chi connectivity index (χ1v) is 9.46. The fourth-order valence-electron chi connectivity index (χ4n) is 3.26. The van der Waals surface area contributed by atoms with Crippen LogP contribution in [-0.4, -0.2) is 73.0 Å². The van der Waals surface area contributed by atoms with E-state index >= 15 is 0 Å². The highest BCUT2D eigenvalue weighted by molar-refractivity contribution is 5.67. The van der Waals surface area contributed by atoms with Crippen LogP contribution in [-0.2, 0) is 4.74 Å². The van der Waals surface area contributed by atoms with Gasteiger partial charge in [0, 0.05) is 32.7 Å². The molecule has 1 amide bonds. The molecule has 146 valence electrons. The van der Waals surface area contributed by atoms with Crippen molar-refractivity contribution in [3.05, 3.63) is 29.3 Å². The molecule has 1 N–H and O–H groups in total. The monoisotopic (exact) mass is 364 g/mol. The zero-order valence-corrected chi connectivity index (χ0v) is 16.4. The highest BCUT2D eigenvalue weighted by Crippen LogP contribution is 2.23. The molecular formula is C20H32N2O4. The Labute approximate surface area is 156 Å². The zero-order valence-electron chi connectivity index (χ0n) is 16.4. The van der Waals surface area contributed by atoms with Crippen LogP contribution < -0.4 is 4.74 Å². The minimum absolute atomic E-state index is 0.253. The number of aliphatic hydroxyl groups is 1. The van der Waals surface area contributed by atoms with E-state index in [2.05, 4.69) is 31.7 Å². The smallest absolute Gasteiger partial charge is 0.409 e. The number of β-amino-alcohol motifs (C(OH)–C–C–N with tert-alkyl or cyclic N) is 1. The summed E-state index contributed by atoms with van der Waals surface area (Å²) in [5.41, 5.74) is 2.53. The SMILES string of the molecule is CCOC(=O)N1CCN(C[C@H](O)COc2ccc(C(C)C)c(C)c2)CC1. The van der Waals surface area contributed by atoms with Gasteiger partial charge in [-0.05, 0) is 43.0 Å². The third-order valence-corrected chi connectivity index (χ3v) is 4.67. The number of hydrogen-bond acceptors (Lipinski definition) is 5. The van der Waals surface area contributed by atoms with Crippen molar-refractivity contribution in [2.75, 3.05) is 45.9 Å². The van der Waals surface area contributed by atoms with Crippen LogP contribution in [0.3, 0.4) is 0 Å². The summed E-state index contributed by atoms with van der Waals surface area (Å²) < 4.78 is 10.8. The fourth-order valence-corrected chi connectivity index (χ4v) is 3.26. The Bertz CT molecular complexity index is 583. The highest BCUT2D eigenvalue weighted by atomic mass is 16.6. The number of ether oxygens (including phenoxy) is 2. The van der Waals surface area contributed by atoms with Gasteiger partial charge in [-0.25, -0.2) is 4.79 Å². The summed E-state index contributed by atoms with van der Waals surface area (Å²) in [6.07, 6.45) is -0.814. The van der Waals surface area contributed by atoms with Crippen molar-refractivity contribution in [2.45, 2.75) is 39.7 Å². The number of nitrogens with zero attached hydrogens (tertiary/aromatic N) is 2. The molecule has 6 nitrogen and oxygen atoms in total. The van der Waals surface area contributed by atoms with Crippen molar-refractivity contribution in [1.29, 1.82) is 0 Å². The van der Waals surface area contributed by atoms with Crippen LogP contribution in [0.1, 0.15) is 37.8 Å². The van der Waals surface area contributed by atoms with Gasteiger partial charge in [-0.1, -0.05) is 19.9 Å². The lowest BCUT2D eigenvalue weighted by Crippen LogP contribution is -2.51. The maximum atomic E-state index is 11.7. The molecule has 0 spiro atoms. The molecule has 26 heavy (non-hydrogen) atoms. The van der Waals surface area contributed by atoms with E-state index in [1.165, 1.54) is 11.1 Å².